The van der Waals surface area contributed by atoms with Gasteiger partial charge in [0.25, 0.3) is 0 Å². The molecule has 0 aromatic carbocycles. The molecule has 0 radical (unpaired) electrons. The second-order valence-electron chi connectivity index (χ2n) is 4.24. The smallest absolute Gasteiger partial charge is 0.220 e. The van der Waals surface area contributed by atoms with Gasteiger partial charge in [-0.1, -0.05) is 6.92 Å². The normalized spacial score (nSPS) is 24.6. The molecule has 1 aliphatic rings. The van der Waals surface area contributed by atoms with Crippen molar-refractivity contribution in [1.82, 2.24) is 10.6 Å². The topological polar surface area (TPSA) is 50.4 Å². The number of nitrogens with one attached hydrogen (secondary N) is 2. The van der Waals surface area contributed by atoms with Crippen molar-refractivity contribution < 1.29 is 9.53 Å². The zero-order valence-electron chi connectivity index (χ0n) is 10.1. The van der Waals surface area contributed by atoms with Crippen LogP contribution in [0.2, 0.25) is 0 Å². The van der Waals surface area contributed by atoms with Crippen molar-refractivity contribution in [3.05, 3.63) is 0 Å². The first-order chi connectivity index (χ1) is 7.24. The SMILES string of the molecule is COCCCC(=O)NC1CNCCC1C.Cl. The maximum Gasteiger partial charge on any atom is 0.220 e. The van der Waals surface area contributed by atoms with Gasteiger partial charge in [0.1, 0.15) is 0 Å². The van der Waals surface area contributed by atoms with E-state index in [1.54, 1.807) is 7.11 Å². The van der Waals surface area contributed by atoms with E-state index in [2.05, 4.69) is 17.6 Å². The van der Waals surface area contributed by atoms with Gasteiger partial charge in [-0.2, -0.15) is 0 Å². The summed E-state index contributed by atoms with van der Waals surface area (Å²) in [7, 11) is 1.66. The predicted octanol–water partition coefficient (Wildman–Crippen LogP) is 0.949. The maximum atomic E-state index is 11.5. The number of carbonyl (C=O) groups is 1. The van der Waals surface area contributed by atoms with Gasteiger partial charge in [0.05, 0.1) is 0 Å². The zero-order chi connectivity index (χ0) is 11.1. The highest BCUT2D eigenvalue weighted by atomic mass is 35.5. The summed E-state index contributed by atoms with van der Waals surface area (Å²) in [5, 5.41) is 6.37. The van der Waals surface area contributed by atoms with E-state index >= 15 is 0 Å². The number of hydrogen-bond acceptors (Lipinski definition) is 3. The molecule has 0 bridgehead atoms. The molecule has 1 fully saturated rings. The van der Waals surface area contributed by atoms with Crippen molar-refractivity contribution in [3.63, 3.8) is 0 Å². The van der Waals surface area contributed by atoms with Gasteiger partial charge in [0.15, 0.2) is 0 Å². The third-order valence-electron chi connectivity index (χ3n) is 2.93. The average molecular weight is 251 g/mol. The monoisotopic (exact) mass is 250 g/mol. The van der Waals surface area contributed by atoms with E-state index in [1.165, 1.54) is 0 Å². The molecule has 1 heterocycles. The minimum absolute atomic E-state index is 0. The highest BCUT2D eigenvalue weighted by Gasteiger charge is 2.21. The van der Waals surface area contributed by atoms with E-state index in [1.807, 2.05) is 0 Å². The fourth-order valence-electron chi connectivity index (χ4n) is 1.84. The lowest BCUT2D eigenvalue weighted by atomic mass is 9.95. The summed E-state index contributed by atoms with van der Waals surface area (Å²) in [6.07, 6.45) is 2.51. The van der Waals surface area contributed by atoms with Gasteiger partial charge in [-0.05, 0) is 25.3 Å². The van der Waals surface area contributed by atoms with Gasteiger partial charge in [0, 0.05) is 32.7 Å². The summed E-state index contributed by atoms with van der Waals surface area (Å²) in [6, 6.07) is 0.300. The highest BCUT2D eigenvalue weighted by molar-refractivity contribution is 5.85. The predicted molar refractivity (Wildman–Crippen MR) is 66.9 cm³/mol. The lowest BCUT2D eigenvalue weighted by Gasteiger charge is -2.30. The molecule has 1 aliphatic heterocycles. The number of hydrogen-bond donors (Lipinski definition) is 2. The van der Waals surface area contributed by atoms with Crippen LogP contribution < -0.4 is 10.6 Å². The van der Waals surface area contributed by atoms with Crippen LogP contribution in [-0.2, 0) is 9.53 Å². The Morgan fingerprint density at radius 2 is 2.31 bits per heavy atom. The second-order valence-corrected chi connectivity index (χ2v) is 4.24. The van der Waals surface area contributed by atoms with Crippen molar-refractivity contribution in [2.45, 2.75) is 32.2 Å². The Morgan fingerprint density at radius 3 is 2.94 bits per heavy atom. The molecule has 0 aromatic heterocycles. The number of methoxy groups -OCH3 is 1. The van der Waals surface area contributed by atoms with Crippen LogP contribution in [0.3, 0.4) is 0 Å². The third-order valence-corrected chi connectivity index (χ3v) is 2.93. The number of amides is 1. The van der Waals surface area contributed by atoms with Crippen molar-refractivity contribution in [3.8, 4) is 0 Å². The highest BCUT2D eigenvalue weighted by Crippen LogP contribution is 2.11. The average Bonchev–Trinajstić information content (AvgIpc) is 2.22. The Bertz CT molecular complexity index is 202. The molecular formula is C11H23ClN2O2. The minimum atomic E-state index is 0. The van der Waals surface area contributed by atoms with Crippen LogP contribution in [0, 0.1) is 5.92 Å². The molecule has 4 nitrogen and oxygen atoms in total. The van der Waals surface area contributed by atoms with E-state index in [0.717, 1.165) is 25.9 Å². The Hall–Kier alpha value is -0.320. The van der Waals surface area contributed by atoms with Crippen LogP contribution in [0.5, 0.6) is 0 Å². The molecule has 2 atom stereocenters. The number of ether oxygens (including phenoxy) is 1. The largest absolute Gasteiger partial charge is 0.385 e. The lowest BCUT2D eigenvalue weighted by Crippen LogP contribution is -2.50. The molecule has 16 heavy (non-hydrogen) atoms. The van der Waals surface area contributed by atoms with Gasteiger partial charge >= 0.3 is 0 Å². The summed E-state index contributed by atoms with van der Waals surface area (Å²) < 4.78 is 4.91. The van der Waals surface area contributed by atoms with Crippen molar-refractivity contribution in [2.24, 2.45) is 5.92 Å². The number of rotatable bonds is 5. The summed E-state index contributed by atoms with van der Waals surface area (Å²) in [4.78, 5) is 11.5. The van der Waals surface area contributed by atoms with E-state index in [9.17, 15) is 4.79 Å². The van der Waals surface area contributed by atoms with E-state index in [-0.39, 0.29) is 18.3 Å². The summed E-state index contributed by atoms with van der Waals surface area (Å²) in [5.41, 5.74) is 0. The molecule has 0 aliphatic carbocycles. The van der Waals surface area contributed by atoms with Crippen LogP contribution in [-0.4, -0.2) is 38.8 Å². The molecule has 1 rings (SSSR count). The Morgan fingerprint density at radius 1 is 1.56 bits per heavy atom. The zero-order valence-corrected chi connectivity index (χ0v) is 10.9. The molecule has 5 heteroatoms. The maximum absolute atomic E-state index is 11.5. The molecule has 2 unspecified atom stereocenters. The minimum Gasteiger partial charge on any atom is -0.385 e. The summed E-state index contributed by atoms with van der Waals surface area (Å²) in [6.45, 7) is 4.82. The van der Waals surface area contributed by atoms with E-state index in [4.69, 9.17) is 4.74 Å². The second kappa shape index (κ2) is 8.79. The van der Waals surface area contributed by atoms with Gasteiger partial charge in [-0.15, -0.1) is 12.4 Å². The Labute approximate surface area is 104 Å². The lowest BCUT2D eigenvalue weighted by molar-refractivity contribution is -0.122. The van der Waals surface area contributed by atoms with E-state index in [0.29, 0.717) is 25.0 Å². The third kappa shape index (κ3) is 5.68. The fraction of sp³-hybridized carbons (Fsp3) is 0.909. The molecule has 0 spiro atoms. The fourth-order valence-corrected chi connectivity index (χ4v) is 1.84. The number of halogens is 1. The molecule has 0 saturated carbocycles. The molecule has 96 valence electrons. The standard InChI is InChI=1S/C11H22N2O2.ClH/c1-9-5-6-12-8-10(9)13-11(14)4-3-7-15-2;/h9-10,12H,3-8H2,1-2H3,(H,13,14);1H. The quantitative estimate of drug-likeness (QED) is 0.715. The number of carbonyl (C=O) groups excluding carboxylic acids is 1. The summed E-state index contributed by atoms with van der Waals surface area (Å²) >= 11 is 0. The van der Waals surface area contributed by atoms with Gasteiger partial charge in [-0.3, -0.25) is 4.79 Å². The van der Waals surface area contributed by atoms with Crippen molar-refractivity contribution >= 4 is 18.3 Å². The summed E-state index contributed by atoms with van der Waals surface area (Å²) in [5.74, 6) is 0.727. The van der Waals surface area contributed by atoms with Crippen LogP contribution in [0.15, 0.2) is 0 Å². The van der Waals surface area contributed by atoms with Gasteiger partial charge in [0.2, 0.25) is 5.91 Å². The van der Waals surface area contributed by atoms with E-state index < -0.39 is 0 Å². The first-order valence-electron chi connectivity index (χ1n) is 5.73. The molecule has 1 saturated heterocycles. The number of piperidine rings is 1. The molecule has 2 N–H and O–H groups in total. The molecule has 1 amide bonds. The van der Waals surface area contributed by atoms with Crippen LogP contribution in [0.25, 0.3) is 0 Å². The van der Waals surface area contributed by atoms with Gasteiger partial charge < -0.3 is 15.4 Å². The Balaban J connectivity index is 0.00000225. The van der Waals surface area contributed by atoms with Crippen LogP contribution in [0.1, 0.15) is 26.2 Å². The Kier molecular flexibility index (Phi) is 8.61. The van der Waals surface area contributed by atoms with Crippen LogP contribution in [0.4, 0.5) is 0 Å². The first-order valence-corrected chi connectivity index (χ1v) is 5.73. The van der Waals surface area contributed by atoms with Crippen LogP contribution >= 0.6 is 12.4 Å². The van der Waals surface area contributed by atoms with Crippen molar-refractivity contribution in [1.29, 1.82) is 0 Å². The molecular weight excluding hydrogens is 228 g/mol. The first kappa shape index (κ1) is 15.7. The van der Waals surface area contributed by atoms with Gasteiger partial charge in [-0.25, -0.2) is 0 Å². The van der Waals surface area contributed by atoms with Crippen molar-refractivity contribution in [2.75, 3.05) is 26.8 Å². The molecule has 0 aromatic rings.